The van der Waals surface area contributed by atoms with E-state index in [2.05, 4.69) is 193 Å². The van der Waals surface area contributed by atoms with Crippen molar-refractivity contribution in [3.8, 4) is 62.1 Å². The molecule has 12 rings (SSSR count). The number of thiophene rings is 1. The van der Waals surface area contributed by atoms with Gasteiger partial charge in [-0.2, -0.15) is 0 Å². The number of rotatable bonds is 6. The van der Waals surface area contributed by atoms with Gasteiger partial charge in [0.1, 0.15) is 0 Å². The second kappa shape index (κ2) is 14.0. The molecule has 0 spiro atoms. The molecule has 5 heteroatoms. The van der Waals surface area contributed by atoms with E-state index in [4.69, 9.17) is 15.0 Å². The number of benzene rings is 9. The van der Waals surface area contributed by atoms with Crippen molar-refractivity contribution in [2.75, 3.05) is 0 Å². The van der Waals surface area contributed by atoms with E-state index >= 15 is 0 Å². The number of hydrogen-bond donors (Lipinski definition) is 0. The van der Waals surface area contributed by atoms with Crippen LogP contribution in [0.25, 0.3) is 115 Å². The fourth-order valence-electron chi connectivity index (χ4n) is 8.83. The Bertz CT molecular complexity index is 3550. The maximum absolute atomic E-state index is 5.29. The molecule has 0 amide bonds. The van der Waals surface area contributed by atoms with E-state index in [-0.39, 0.29) is 0 Å². The van der Waals surface area contributed by atoms with Crippen molar-refractivity contribution in [3.63, 3.8) is 0 Å². The average molecular weight is 783 g/mol. The zero-order valence-electron chi connectivity index (χ0n) is 32.3. The summed E-state index contributed by atoms with van der Waals surface area (Å²) in [5, 5.41) is 7.55. The average Bonchev–Trinajstić information content (AvgIpc) is 3.88. The van der Waals surface area contributed by atoms with Crippen LogP contribution in [0.5, 0.6) is 0 Å². The van der Waals surface area contributed by atoms with Gasteiger partial charge in [0.2, 0.25) is 0 Å². The van der Waals surface area contributed by atoms with Crippen LogP contribution in [0.2, 0.25) is 0 Å². The van der Waals surface area contributed by atoms with E-state index in [9.17, 15) is 0 Å². The third kappa shape index (κ3) is 5.63. The molecule has 0 atom stereocenters. The Hall–Kier alpha value is -7.73. The SMILES string of the molecule is c1ccc(-c2nc(-c3cccc(-c4cccc5c4sc4c6ccccc6ccc54)c3)nc(-c3ccc(-c4ccccc4)c(-n4c5ccccc5c5ccccc54)c3)n2)cc1. The first kappa shape index (κ1) is 34.3. The quantitative estimate of drug-likeness (QED) is 0.169. The molecule has 0 N–H and O–H groups in total. The van der Waals surface area contributed by atoms with Crippen LogP contribution in [0, 0.1) is 0 Å². The topological polar surface area (TPSA) is 43.6 Å². The summed E-state index contributed by atoms with van der Waals surface area (Å²) in [5.74, 6) is 1.87. The summed E-state index contributed by atoms with van der Waals surface area (Å²) in [6, 6.07) is 73.2. The second-order valence-corrected chi connectivity index (χ2v) is 16.2. The van der Waals surface area contributed by atoms with Crippen LogP contribution in [0.1, 0.15) is 0 Å². The Morgan fingerprint density at radius 1 is 0.317 bits per heavy atom. The van der Waals surface area contributed by atoms with Gasteiger partial charge in [-0.15, -0.1) is 11.3 Å². The van der Waals surface area contributed by atoms with Crippen LogP contribution in [-0.2, 0) is 0 Å². The normalized spacial score (nSPS) is 11.7. The molecule has 0 radical (unpaired) electrons. The van der Waals surface area contributed by atoms with Crippen molar-refractivity contribution < 1.29 is 0 Å². The number of hydrogen-bond acceptors (Lipinski definition) is 4. The molecule has 0 saturated carbocycles. The maximum atomic E-state index is 5.29. The third-order valence-corrected chi connectivity index (χ3v) is 12.9. The monoisotopic (exact) mass is 782 g/mol. The Balaban J connectivity index is 1.05. The summed E-state index contributed by atoms with van der Waals surface area (Å²) in [6.45, 7) is 0. The molecule has 0 fully saturated rings. The molecule has 60 heavy (non-hydrogen) atoms. The molecule has 0 aliphatic carbocycles. The molecule has 280 valence electrons. The van der Waals surface area contributed by atoms with Gasteiger partial charge in [-0.25, -0.2) is 15.0 Å². The summed E-state index contributed by atoms with van der Waals surface area (Å²) < 4.78 is 4.98. The molecule has 9 aromatic carbocycles. The molecule has 3 heterocycles. The van der Waals surface area contributed by atoms with Crippen molar-refractivity contribution in [1.82, 2.24) is 19.5 Å². The van der Waals surface area contributed by atoms with Crippen molar-refractivity contribution in [3.05, 3.63) is 206 Å². The van der Waals surface area contributed by atoms with Crippen LogP contribution in [0.15, 0.2) is 206 Å². The van der Waals surface area contributed by atoms with E-state index in [0.29, 0.717) is 17.5 Å². The van der Waals surface area contributed by atoms with Gasteiger partial charge in [0.25, 0.3) is 0 Å². The zero-order chi connectivity index (χ0) is 39.6. The number of aromatic nitrogens is 4. The van der Waals surface area contributed by atoms with Gasteiger partial charge < -0.3 is 4.57 Å². The lowest BCUT2D eigenvalue weighted by atomic mass is 9.99. The van der Waals surface area contributed by atoms with Gasteiger partial charge >= 0.3 is 0 Å². The highest BCUT2D eigenvalue weighted by molar-refractivity contribution is 7.27. The lowest BCUT2D eigenvalue weighted by Gasteiger charge is -2.16. The zero-order valence-corrected chi connectivity index (χ0v) is 33.1. The summed E-state index contributed by atoms with van der Waals surface area (Å²) >= 11 is 1.87. The van der Waals surface area contributed by atoms with Crippen molar-refractivity contribution >= 4 is 64.1 Å². The maximum Gasteiger partial charge on any atom is 0.164 e. The second-order valence-electron chi connectivity index (χ2n) is 15.2. The van der Waals surface area contributed by atoms with Gasteiger partial charge in [-0.05, 0) is 51.7 Å². The number of para-hydroxylation sites is 2. The van der Waals surface area contributed by atoms with E-state index in [1.807, 2.05) is 29.5 Å². The molecular formula is C55H34N4S. The minimum absolute atomic E-state index is 0.615. The molecule has 4 nitrogen and oxygen atoms in total. The molecule has 0 bridgehead atoms. The van der Waals surface area contributed by atoms with E-state index in [0.717, 1.165) is 50.1 Å². The van der Waals surface area contributed by atoms with Crippen LogP contribution in [-0.4, -0.2) is 19.5 Å². The lowest BCUT2D eigenvalue weighted by molar-refractivity contribution is 1.07. The molecule has 3 aromatic heterocycles. The molecule has 12 aromatic rings. The largest absolute Gasteiger partial charge is 0.309 e. The Morgan fingerprint density at radius 2 is 0.850 bits per heavy atom. The van der Waals surface area contributed by atoms with E-state index in [1.54, 1.807) is 0 Å². The standard InChI is InChI=1S/C55H34N4S/c1-3-15-35(16-4-1)41-31-30-40(34-50(41)59-48-27-11-9-23-44(48)45-24-10-12-28-49(45)59)55-57-53(37-18-5-2-6-19-37)56-54(58-55)39-21-13-20-38(33-39)43-25-14-26-46-47-32-29-36-17-7-8-22-42(36)51(47)60-52(43)46/h1-34H. The smallest absolute Gasteiger partial charge is 0.164 e. The first-order valence-corrected chi connectivity index (χ1v) is 21.0. The Kier molecular flexibility index (Phi) is 8.00. The molecular weight excluding hydrogens is 749 g/mol. The lowest BCUT2D eigenvalue weighted by Crippen LogP contribution is -2.02. The van der Waals surface area contributed by atoms with Crippen molar-refractivity contribution in [2.45, 2.75) is 0 Å². The first-order valence-electron chi connectivity index (χ1n) is 20.2. The van der Waals surface area contributed by atoms with Gasteiger partial charge in [-0.1, -0.05) is 182 Å². The summed E-state index contributed by atoms with van der Waals surface area (Å²) in [4.78, 5) is 15.6. The highest BCUT2D eigenvalue weighted by Gasteiger charge is 2.20. The highest BCUT2D eigenvalue weighted by Crippen LogP contribution is 2.44. The molecule has 0 saturated heterocycles. The molecule has 0 aliphatic heterocycles. The van der Waals surface area contributed by atoms with Gasteiger partial charge in [0.15, 0.2) is 17.5 Å². The van der Waals surface area contributed by atoms with Crippen LogP contribution in [0.4, 0.5) is 0 Å². The third-order valence-electron chi connectivity index (χ3n) is 11.6. The van der Waals surface area contributed by atoms with Crippen molar-refractivity contribution in [2.24, 2.45) is 0 Å². The highest BCUT2D eigenvalue weighted by atomic mass is 32.1. The van der Waals surface area contributed by atoms with E-state index in [1.165, 1.54) is 47.3 Å². The number of fused-ring (bicyclic) bond motifs is 8. The predicted octanol–water partition coefficient (Wildman–Crippen LogP) is 14.8. The predicted molar refractivity (Wildman–Crippen MR) is 252 cm³/mol. The van der Waals surface area contributed by atoms with Crippen LogP contribution >= 0.6 is 11.3 Å². The van der Waals surface area contributed by atoms with Gasteiger partial charge in [0.05, 0.1) is 16.7 Å². The Labute approximate surface area is 350 Å². The fraction of sp³-hybridized carbons (Fsp3) is 0. The van der Waals surface area contributed by atoms with Gasteiger partial charge in [-0.3, -0.25) is 0 Å². The summed E-state index contributed by atoms with van der Waals surface area (Å²) in [5.41, 5.74) is 10.7. The first-order chi connectivity index (χ1) is 29.7. The number of nitrogens with zero attached hydrogens (tertiary/aromatic N) is 4. The van der Waals surface area contributed by atoms with Gasteiger partial charge in [0, 0.05) is 53.2 Å². The fourth-order valence-corrected chi connectivity index (χ4v) is 10.2. The molecule has 0 aliphatic rings. The summed E-state index contributed by atoms with van der Waals surface area (Å²) in [6.07, 6.45) is 0. The summed E-state index contributed by atoms with van der Waals surface area (Å²) in [7, 11) is 0. The van der Waals surface area contributed by atoms with E-state index < -0.39 is 0 Å². The molecule has 0 unspecified atom stereocenters. The van der Waals surface area contributed by atoms with Crippen LogP contribution in [0.3, 0.4) is 0 Å². The minimum atomic E-state index is 0.615. The van der Waals surface area contributed by atoms with Crippen molar-refractivity contribution in [1.29, 1.82) is 0 Å². The minimum Gasteiger partial charge on any atom is -0.309 e. The Morgan fingerprint density at radius 3 is 1.58 bits per heavy atom. The van der Waals surface area contributed by atoms with Crippen LogP contribution < -0.4 is 0 Å².